The summed E-state index contributed by atoms with van der Waals surface area (Å²) in [6.07, 6.45) is 7.67. The number of benzene rings is 1. The van der Waals surface area contributed by atoms with E-state index in [1.54, 1.807) is 0 Å². The molecule has 0 unspecified atom stereocenters. The van der Waals surface area contributed by atoms with Crippen molar-refractivity contribution in [2.75, 3.05) is 26.2 Å². The van der Waals surface area contributed by atoms with Crippen LogP contribution in [0.3, 0.4) is 0 Å². The highest BCUT2D eigenvalue weighted by Crippen LogP contribution is 2.25. The van der Waals surface area contributed by atoms with Crippen LogP contribution in [-0.2, 0) is 12.8 Å². The number of aliphatic hydroxyl groups excluding tert-OH is 1. The third-order valence-corrected chi connectivity index (χ3v) is 7.69. The van der Waals surface area contributed by atoms with Crippen LogP contribution in [0.25, 0.3) is 0 Å². The molecular formula is C25H32Cl2N4O2. The van der Waals surface area contributed by atoms with Crippen molar-refractivity contribution in [3.63, 3.8) is 0 Å². The van der Waals surface area contributed by atoms with Gasteiger partial charge >= 0.3 is 0 Å². The van der Waals surface area contributed by atoms with E-state index in [2.05, 4.69) is 14.9 Å². The molecule has 0 bridgehead atoms. The Hall–Kier alpha value is -1.73. The third kappa shape index (κ3) is 6.04. The van der Waals surface area contributed by atoms with Crippen molar-refractivity contribution in [1.82, 2.24) is 19.8 Å². The lowest BCUT2D eigenvalue weighted by molar-refractivity contribution is 0.0239. The molecule has 4 rings (SSSR count). The van der Waals surface area contributed by atoms with Gasteiger partial charge in [-0.15, -0.1) is 0 Å². The number of piperidine rings is 2. The Labute approximate surface area is 205 Å². The van der Waals surface area contributed by atoms with Crippen molar-refractivity contribution in [3.8, 4) is 0 Å². The molecule has 2 aliphatic heterocycles. The predicted octanol–water partition coefficient (Wildman–Crippen LogP) is 4.33. The molecule has 2 fully saturated rings. The minimum atomic E-state index is -0.211. The SMILES string of the molecule is Cc1c(CCCc2ccc(Cl)c(Cl)c2)ncnc1C(=O)N1CCC(N2CCC[C@H](O)C2)CC1. The predicted molar refractivity (Wildman–Crippen MR) is 131 cm³/mol. The number of aromatic nitrogens is 2. The lowest BCUT2D eigenvalue weighted by atomic mass is 9.98. The first kappa shape index (κ1) is 24.4. The summed E-state index contributed by atoms with van der Waals surface area (Å²) in [6, 6.07) is 6.17. The van der Waals surface area contributed by atoms with Crippen LogP contribution >= 0.6 is 23.2 Å². The summed E-state index contributed by atoms with van der Waals surface area (Å²) in [5, 5.41) is 11.1. The summed E-state index contributed by atoms with van der Waals surface area (Å²) in [7, 11) is 0. The van der Waals surface area contributed by atoms with Gasteiger partial charge in [-0.05, 0) is 76.1 Å². The number of hydrogen-bond donors (Lipinski definition) is 1. The van der Waals surface area contributed by atoms with E-state index in [-0.39, 0.29) is 12.0 Å². The fraction of sp³-hybridized carbons (Fsp3) is 0.560. The number of carbonyl (C=O) groups excluding carboxylic acids is 1. The summed E-state index contributed by atoms with van der Waals surface area (Å²) in [4.78, 5) is 26.3. The molecule has 2 aromatic rings. The quantitative estimate of drug-likeness (QED) is 0.652. The van der Waals surface area contributed by atoms with Crippen molar-refractivity contribution >= 4 is 29.1 Å². The number of carbonyl (C=O) groups is 1. The Bertz CT molecular complexity index is 979. The van der Waals surface area contributed by atoms with Crippen molar-refractivity contribution in [1.29, 1.82) is 0 Å². The van der Waals surface area contributed by atoms with Crippen LogP contribution in [-0.4, -0.2) is 69.1 Å². The molecule has 1 atom stereocenters. The maximum absolute atomic E-state index is 13.2. The second kappa shape index (κ2) is 11.1. The van der Waals surface area contributed by atoms with Gasteiger partial charge in [-0.1, -0.05) is 29.3 Å². The topological polar surface area (TPSA) is 69.6 Å². The molecule has 178 valence electrons. The highest BCUT2D eigenvalue weighted by atomic mass is 35.5. The van der Waals surface area contributed by atoms with Gasteiger partial charge in [0.15, 0.2) is 0 Å². The molecule has 6 nitrogen and oxygen atoms in total. The average molecular weight is 491 g/mol. The third-order valence-electron chi connectivity index (χ3n) is 6.95. The monoisotopic (exact) mass is 490 g/mol. The molecule has 2 aliphatic rings. The second-order valence-corrected chi connectivity index (χ2v) is 10.0. The van der Waals surface area contributed by atoms with Gasteiger partial charge in [0.25, 0.3) is 5.91 Å². The number of β-amino-alcohol motifs (C(OH)–C–C–N with tert-alkyl or cyclic N) is 1. The first-order valence-electron chi connectivity index (χ1n) is 11.9. The highest BCUT2D eigenvalue weighted by Gasteiger charge is 2.31. The Morgan fingerprint density at radius 3 is 2.61 bits per heavy atom. The minimum absolute atomic E-state index is 0.00207. The van der Waals surface area contributed by atoms with Crippen LogP contribution in [0.4, 0.5) is 0 Å². The Morgan fingerprint density at radius 2 is 1.88 bits per heavy atom. The number of aliphatic hydroxyl groups is 1. The molecule has 0 aliphatic carbocycles. The smallest absolute Gasteiger partial charge is 0.272 e. The van der Waals surface area contributed by atoms with Gasteiger partial charge in [0, 0.05) is 36.9 Å². The number of rotatable bonds is 6. The van der Waals surface area contributed by atoms with Gasteiger partial charge in [0.1, 0.15) is 12.0 Å². The molecule has 1 N–H and O–H groups in total. The van der Waals surface area contributed by atoms with Crippen LogP contribution in [0.5, 0.6) is 0 Å². The number of likely N-dealkylation sites (tertiary alicyclic amines) is 2. The van der Waals surface area contributed by atoms with Crippen LogP contribution in [0.2, 0.25) is 10.0 Å². The van der Waals surface area contributed by atoms with Crippen LogP contribution in [0, 0.1) is 6.92 Å². The zero-order valence-electron chi connectivity index (χ0n) is 19.1. The first-order chi connectivity index (χ1) is 15.9. The maximum Gasteiger partial charge on any atom is 0.272 e. The molecule has 1 aromatic heterocycles. The van der Waals surface area contributed by atoms with Crippen molar-refractivity contribution in [2.24, 2.45) is 0 Å². The molecule has 8 heteroatoms. The van der Waals surface area contributed by atoms with Gasteiger partial charge in [-0.3, -0.25) is 9.69 Å². The number of nitrogens with zero attached hydrogens (tertiary/aromatic N) is 4. The summed E-state index contributed by atoms with van der Waals surface area (Å²) in [6.45, 7) is 5.21. The zero-order chi connectivity index (χ0) is 23.4. The van der Waals surface area contributed by atoms with Gasteiger partial charge in [0.2, 0.25) is 0 Å². The van der Waals surface area contributed by atoms with Crippen molar-refractivity contribution in [3.05, 3.63) is 57.1 Å². The lowest BCUT2D eigenvalue weighted by Gasteiger charge is -2.41. The maximum atomic E-state index is 13.2. The van der Waals surface area contributed by atoms with E-state index in [0.717, 1.165) is 87.9 Å². The van der Waals surface area contributed by atoms with E-state index in [1.165, 1.54) is 6.33 Å². The van der Waals surface area contributed by atoms with Crippen molar-refractivity contribution in [2.45, 2.75) is 64.0 Å². The zero-order valence-corrected chi connectivity index (χ0v) is 20.7. The fourth-order valence-corrected chi connectivity index (χ4v) is 5.33. The normalized spacial score (nSPS) is 20.2. The summed E-state index contributed by atoms with van der Waals surface area (Å²) >= 11 is 12.1. The second-order valence-electron chi connectivity index (χ2n) is 9.21. The van der Waals surface area contributed by atoms with E-state index in [9.17, 15) is 9.90 Å². The van der Waals surface area contributed by atoms with Crippen molar-refractivity contribution < 1.29 is 9.90 Å². The van der Waals surface area contributed by atoms with E-state index in [4.69, 9.17) is 23.2 Å². The lowest BCUT2D eigenvalue weighted by Crippen LogP contribution is -2.50. The van der Waals surface area contributed by atoms with Crippen LogP contribution in [0.1, 0.15) is 59.4 Å². The molecule has 0 saturated carbocycles. The molecule has 1 amide bonds. The molecule has 3 heterocycles. The number of halogens is 2. The Balaban J connectivity index is 1.33. The van der Waals surface area contributed by atoms with E-state index in [0.29, 0.717) is 21.8 Å². The minimum Gasteiger partial charge on any atom is -0.392 e. The van der Waals surface area contributed by atoms with Crippen LogP contribution < -0.4 is 0 Å². The molecule has 1 aromatic carbocycles. The van der Waals surface area contributed by atoms with E-state index in [1.807, 2.05) is 30.0 Å². The molecule has 33 heavy (non-hydrogen) atoms. The first-order valence-corrected chi connectivity index (χ1v) is 12.6. The molecule has 0 radical (unpaired) electrons. The standard InChI is InChI=1S/C25H32Cl2N4O2/c1-17-23(6-2-4-18-7-8-21(26)22(27)14-18)28-16-29-24(17)25(33)30-12-9-19(10-13-30)31-11-3-5-20(32)15-31/h7-8,14,16,19-20,32H,2-6,9-13,15H2,1H3/t20-/m0/s1. The molecule has 0 spiro atoms. The van der Waals surface area contributed by atoms with Gasteiger partial charge < -0.3 is 10.0 Å². The van der Waals surface area contributed by atoms with E-state index < -0.39 is 0 Å². The summed E-state index contributed by atoms with van der Waals surface area (Å²) in [5.74, 6) is -0.00207. The fourth-order valence-electron chi connectivity index (χ4n) is 5.01. The highest BCUT2D eigenvalue weighted by molar-refractivity contribution is 6.42. The Kier molecular flexibility index (Phi) is 8.23. The number of aryl methyl sites for hydroxylation is 2. The summed E-state index contributed by atoms with van der Waals surface area (Å²) in [5.41, 5.74) is 3.45. The largest absolute Gasteiger partial charge is 0.392 e. The van der Waals surface area contributed by atoms with E-state index >= 15 is 0 Å². The van der Waals surface area contributed by atoms with Crippen LogP contribution in [0.15, 0.2) is 24.5 Å². The summed E-state index contributed by atoms with van der Waals surface area (Å²) < 4.78 is 0. The van der Waals surface area contributed by atoms with Gasteiger partial charge in [-0.25, -0.2) is 9.97 Å². The van der Waals surface area contributed by atoms with Gasteiger partial charge in [-0.2, -0.15) is 0 Å². The Morgan fingerprint density at radius 1 is 1.09 bits per heavy atom. The molecular weight excluding hydrogens is 459 g/mol. The average Bonchev–Trinajstić information content (AvgIpc) is 2.82. The molecule has 2 saturated heterocycles. The van der Waals surface area contributed by atoms with Gasteiger partial charge in [0.05, 0.1) is 16.1 Å². The number of hydrogen-bond acceptors (Lipinski definition) is 5. The number of amides is 1.